The number of nitrogens with one attached hydrogen (secondary N) is 1. The Hall–Kier alpha value is -1.59. The normalized spacial score (nSPS) is 18.8. The van der Waals surface area contributed by atoms with Crippen molar-refractivity contribution in [1.29, 1.82) is 0 Å². The number of aliphatic hydroxyl groups excluding tert-OH is 1. The van der Waals surface area contributed by atoms with Crippen LogP contribution in [0.4, 0.5) is 0 Å². The van der Waals surface area contributed by atoms with Crippen molar-refractivity contribution in [2.24, 2.45) is 0 Å². The van der Waals surface area contributed by atoms with E-state index in [1.54, 1.807) is 29.7 Å². The lowest BCUT2D eigenvalue weighted by Crippen LogP contribution is -2.47. The highest BCUT2D eigenvalue weighted by molar-refractivity contribution is 7.10. The number of amides is 1. The first-order valence-corrected chi connectivity index (χ1v) is 8.63. The molecule has 2 heterocycles. The second-order valence-corrected chi connectivity index (χ2v) is 6.79. The molecule has 1 unspecified atom stereocenters. The van der Waals surface area contributed by atoms with Gasteiger partial charge in [0.2, 0.25) is 5.91 Å². The van der Waals surface area contributed by atoms with Gasteiger partial charge < -0.3 is 14.8 Å². The molecule has 1 saturated carbocycles. The quantitative estimate of drug-likeness (QED) is 0.888. The zero-order chi connectivity index (χ0) is 15.4. The molecule has 0 aromatic carbocycles. The molecule has 118 valence electrons. The first-order valence-electron chi connectivity index (χ1n) is 7.75. The predicted molar refractivity (Wildman–Crippen MR) is 85.8 cm³/mol. The fraction of sp³-hybridized carbons (Fsp3) is 0.471. The Balaban J connectivity index is 1.83. The minimum atomic E-state index is -0.485. The van der Waals surface area contributed by atoms with Gasteiger partial charge in [0.05, 0.1) is 18.3 Å². The number of furan rings is 1. The van der Waals surface area contributed by atoms with Crippen LogP contribution in [0.2, 0.25) is 0 Å². The van der Waals surface area contributed by atoms with Crippen LogP contribution in [0, 0.1) is 0 Å². The van der Waals surface area contributed by atoms with Crippen LogP contribution in [0.25, 0.3) is 0 Å². The standard InChI is InChI=1S/C17H21NO3S/c19-12-13(14-6-4-10-21-14)18-16(20)17(8-2-1-3-9-17)15-7-5-11-22-15/h4-7,10-11,13,19H,1-3,8-9,12H2,(H,18,20). The minimum Gasteiger partial charge on any atom is -0.467 e. The van der Waals surface area contributed by atoms with Crippen LogP contribution in [0.3, 0.4) is 0 Å². The summed E-state index contributed by atoms with van der Waals surface area (Å²) in [7, 11) is 0. The van der Waals surface area contributed by atoms with E-state index in [1.807, 2.05) is 11.4 Å². The summed E-state index contributed by atoms with van der Waals surface area (Å²) in [6, 6.07) is 7.11. The molecule has 5 heteroatoms. The third-order valence-electron chi connectivity index (χ3n) is 4.51. The van der Waals surface area contributed by atoms with Gasteiger partial charge in [-0.25, -0.2) is 0 Å². The van der Waals surface area contributed by atoms with Crippen LogP contribution in [0.1, 0.15) is 48.8 Å². The number of hydrogen-bond acceptors (Lipinski definition) is 4. The SMILES string of the molecule is O=C(NC(CO)c1ccco1)C1(c2cccs2)CCCCC1. The van der Waals surface area contributed by atoms with Crippen LogP contribution in [-0.4, -0.2) is 17.6 Å². The van der Waals surface area contributed by atoms with Gasteiger partial charge in [0, 0.05) is 4.88 Å². The third-order valence-corrected chi connectivity index (χ3v) is 5.58. The number of carbonyl (C=O) groups is 1. The molecule has 1 amide bonds. The molecule has 0 radical (unpaired) electrons. The van der Waals surface area contributed by atoms with E-state index in [9.17, 15) is 9.90 Å². The molecule has 1 atom stereocenters. The minimum absolute atomic E-state index is 0.00472. The largest absolute Gasteiger partial charge is 0.467 e. The molecule has 3 rings (SSSR count). The molecule has 0 spiro atoms. The summed E-state index contributed by atoms with van der Waals surface area (Å²) in [5.41, 5.74) is -0.452. The average Bonchev–Trinajstić information content (AvgIpc) is 3.26. The second-order valence-electron chi connectivity index (χ2n) is 5.84. The van der Waals surface area contributed by atoms with E-state index >= 15 is 0 Å². The van der Waals surface area contributed by atoms with Crippen LogP contribution in [0.15, 0.2) is 40.3 Å². The topological polar surface area (TPSA) is 62.5 Å². The van der Waals surface area contributed by atoms with Crippen molar-refractivity contribution in [2.75, 3.05) is 6.61 Å². The second kappa shape index (κ2) is 6.67. The van der Waals surface area contributed by atoms with Gasteiger partial charge in [-0.15, -0.1) is 11.3 Å². The number of hydrogen-bond donors (Lipinski definition) is 2. The van der Waals surface area contributed by atoms with Gasteiger partial charge in [-0.2, -0.15) is 0 Å². The Morgan fingerprint density at radius 2 is 2.14 bits per heavy atom. The average molecular weight is 319 g/mol. The van der Waals surface area contributed by atoms with E-state index in [-0.39, 0.29) is 12.5 Å². The first kappa shape index (κ1) is 15.3. The molecule has 2 aromatic heterocycles. The van der Waals surface area contributed by atoms with E-state index < -0.39 is 11.5 Å². The van der Waals surface area contributed by atoms with E-state index in [4.69, 9.17) is 4.42 Å². The summed E-state index contributed by atoms with van der Waals surface area (Å²) in [5.74, 6) is 0.595. The number of aliphatic hydroxyl groups is 1. The molecule has 2 aromatic rings. The Morgan fingerprint density at radius 3 is 2.73 bits per heavy atom. The van der Waals surface area contributed by atoms with Gasteiger partial charge in [-0.05, 0) is 36.4 Å². The third kappa shape index (κ3) is 2.83. The molecular weight excluding hydrogens is 298 g/mol. The molecule has 0 bridgehead atoms. The van der Waals surface area contributed by atoms with E-state index in [2.05, 4.69) is 11.4 Å². The Labute approximate surface area is 134 Å². The fourth-order valence-corrected chi connectivity index (χ4v) is 4.27. The lowest BCUT2D eigenvalue weighted by molar-refractivity contribution is -0.129. The number of carbonyl (C=O) groups excluding carboxylic acids is 1. The summed E-state index contributed by atoms with van der Waals surface area (Å²) in [4.78, 5) is 14.2. The van der Waals surface area contributed by atoms with E-state index in [1.165, 1.54) is 6.42 Å². The maximum absolute atomic E-state index is 13.0. The van der Waals surface area contributed by atoms with Gasteiger partial charge in [0.25, 0.3) is 0 Å². The number of rotatable bonds is 5. The Bertz CT molecular complexity index is 585. The maximum atomic E-state index is 13.0. The fourth-order valence-electron chi connectivity index (χ4n) is 3.28. The summed E-state index contributed by atoms with van der Waals surface area (Å²) in [5, 5.41) is 14.6. The van der Waals surface area contributed by atoms with Crippen molar-refractivity contribution in [1.82, 2.24) is 5.32 Å². The summed E-state index contributed by atoms with van der Waals surface area (Å²) < 4.78 is 5.33. The van der Waals surface area contributed by atoms with Crippen molar-refractivity contribution >= 4 is 17.2 Å². The molecule has 2 N–H and O–H groups in total. The highest BCUT2D eigenvalue weighted by Gasteiger charge is 2.42. The molecule has 1 aliphatic carbocycles. The van der Waals surface area contributed by atoms with Gasteiger partial charge in [0.1, 0.15) is 11.8 Å². The number of thiophene rings is 1. The van der Waals surface area contributed by atoms with Crippen molar-refractivity contribution in [2.45, 2.75) is 43.6 Å². The zero-order valence-corrected chi connectivity index (χ0v) is 13.3. The van der Waals surface area contributed by atoms with Crippen molar-refractivity contribution < 1.29 is 14.3 Å². The first-order chi connectivity index (χ1) is 10.8. The maximum Gasteiger partial charge on any atom is 0.232 e. The smallest absolute Gasteiger partial charge is 0.232 e. The van der Waals surface area contributed by atoms with Gasteiger partial charge in [0.15, 0.2) is 0 Å². The lowest BCUT2D eigenvalue weighted by Gasteiger charge is -2.36. The van der Waals surface area contributed by atoms with E-state index in [0.29, 0.717) is 5.76 Å². The van der Waals surface area contributed by atoms with Crippen molar-refractivity contribution in [3.05, 3.63) is 46.5 Å². The summed E-state index contributed by atoms with van der Waals surface area (Å²) >= 11 is 1.64. The zero-order valence-electron chi connectivity index (χ0n) is 12.5. The highest BCUT2D eigenvalue weighted by atomic mass is 32.1. The molecule has 4 nitrogen and oxygen atoms in total. The monoisotopic (exact) mass is 319 g/mol. The molecule has 0 aliphatic heterocycles. The van der Waals surface area contributed by atoms with Gasteiger partial charge in [-0.3, -0.25) is 4.79 Å². The van der Waals surface area contributed by atoms with Gasteiger partial charge >= 0.3 is 0 Å². The van der Waals surface area contributed by atoms with Crippen LogP contribution >= 0.6 is 11.3 Å². The van der Waals surface area contributed by atoms with E-state index in [0.717, 1.165) is 30.6 Å². The Kier molecular flexibility index (Phi) is 4.64. The molecule has 1 fully saturated rings. The highest BCUT2D eigenvalue weighted by Crippen LogP contribution is 2.42. The molecule has 1 aliphatic rings. The molecule has 0 saturated heterocycles. The lowest BCUT2D eigenvalue weighted by atomic mass is 9.72. The summed E-state index contributed by atoms with van der Waals surface area (Å²) in [6.07, 6.45) is 6.61. The van der Waals surface area contributed by atoms with Gasteiger partial charge in [-0.1, -0.05) is 25.3 Å². The van der Waals surface area contributed by atoms with Crippen LogP contribution in [0.5, 0.6) is 0 Å². The predicted octanol–water partition coefficient (Wildman–Crippen LogP) is 3.39. The molecular formula is C17H21NO3S. The van der Waals surface area contributed by atoms with Crippen molar-refractivity contribution in [3.63, 3.8) is 0 Å². The molecule has 22 heavy (non-hydrogen) atoms. The van der Waals surface area contributed by atoms with Crippen LogP contribution < -0.4 is 5.32 Å². The van der Waals surface area contributed by atoms with Crippen LogP contribution in [-0.2, 0) is 10.2 Å². The summed E-state index contributed by atoms with van der Waals surface area (Å²) in [6.45, 7) is -0.167. The Morgan fingerprint density at radius 1 is 1.32 bits per heavy atom. The van der Waals surface area contributed by atoms with Crippen molar-refractivity contribution in [3.8, 4) is 0 Å².